The van der Waals surface area contributed by atoms with E-state index in [4.69, 9.17) is 17.2 Å². The fraction of sp³-hybridized carbons (Fsp3) is 0.0952. The molecule has 0 atom stereocenters. The zero-order valence-electron chi connectivity index (χ0n) is 13.9. The van der Waals surface area contributed by atoms with Gasteiger partial charge in [0, 0.05) is 0 Å². The molecule has 4 rings (SSSR count). The summed E-state index contributed by atoms with van der Waals surface area (Å²) in [4.78, 5) is 0. The SMILES string of the molecule is Cc1cc2ccccc2[cH-]1.Cc1cc2ccccc2[cH-]1.[CH2]=[Hf]([Cl])[Cl]. The van der Waals surface area contributed by atoms with Crippen LogP contribution in [0, 0.1) is 13.8 Å². The first kappa shape index (κ1) is 19.3. The maximum atomic E-state index is 5.14. The quantitative estimate of drug-likeness (QED) is 0.171. The summed E-state index contributed by atoms with van der Waals surface area (Å²) in [6, 6.07) is 25.7. The molecule has 0 amide bonds. The van der Waals surface area contributed by atoms with E-state index in [-0.39, 0.29) is 0 Å². The van der Waals surface area contributed by atoms with E-state index in [0.29, 0.717) is 0 Å². The van der Waals surface area contributed by atoms with Crippen LogP contribution in [0.25, 0.3) is 21.5 Å². The van der Waals surface area contributed by atoms with E-state index in [9.17, 15) is 0 Å². The zero-order valence-corrected chi connectivity index (χ0v) is 19.0. The molecule has 0 heterocycles. The topological polar surface area (TPSA) is 0 Å². The molecule has 0 fully saturated rings. The van der Waals surface area contributed by atoms with Crippen molar-refractivity contribution in [1.82, 2.24) is 0 Å². The Morgan fingerprint density at radius 3 is 1.42 bits per heavy atom. The van der Waals surface area contributed by atoms with E-state index in [1.165, 1.54) is 32.7 Å². The summed E-state index contributed by atoms with van der Waals surface area (Å²) in [5.41, 5.74) is 2.70. The minimum atomic E-state index is -1.96. The van der Waals surface area contributed by atoms with Gasteiger partial charge in [-0.25, -0.2) is 0 Å². The summed E-state index contributed by atoms with van der Waals surface area (Å²) in [7, 11) is 10.3. The van der Waals surface area contributed by atoms with Gasteiger partial charge in [-0.3, -0.25) is 0 Å². The van der Waals surface area contributed by atoms with Gasteiger partial charge in [0.1, 0.15) is 0 Å². The molecular weight excluding hydrogens is 502 g/mol. The zero-order chi connectivity index (χ0) is 17.5. The molecule has 4 aromatic rings. The van der Waals surface area contributed by atoms with Gasteiger partial charge in [0.05, 0.1) is 0 Å². The van der Waals surface area contributed by atoms with E-state index in [1.54, 1.807) is 0 Å². The summed E-state index contributed by atoms with van der Waals surface area (Å²) < 4.78 is 3.38. The van der Waals surface area contributed by atoms with Gasteiger partial charge in [-0.15, -0.1) is 81.2 Å². The van der Waals surface area contributed by atoms with Crippen LogP contribution >= 0.6 is 17.2 Å². The average molecular weight is 522 g/mol. The summed E-state index contributed by atoms with van der Waals surface area (Å²) in [5, 5.41) is 5.39. The monoisotopic (exact) mass is 522 g/mol. The Morgan fingerprint density at radius 2 is 1.08 bits per heavy atom. The van der Waals surface area contributed by atoms with Crippen LogP contribution < -0.4 is 0 Å². The predicted molar refractivity (Wildman–Crippen MR) is 107 cm³/mol. The van der Waals surface area contributed by atoms with Crippen LogP contribution in [0.5, 0.6) is 0 Å². The van der Waals surface area contributed by atoms with Gasteiger partial charge >= 0.3 is 40.0 Å². The van der Waals surface area contributed by atoms with Crippen molar-refractivity contribution in [2.75, 3.05) is 0 Å². The molecule has 0 spiro atoms. The second-order valence-corrected chi connectivity index (χ2v) is 17.1. The molecule has 0 bridgehead atoms. The first-order valence-corrected chi connectivity index (χ1v) is 19.1. The molecule has 0 aliphatic heterocycles. The van der Waals surface area contributed by atoms with Crippen LogP contribution in [-0.2, 0) is 18.6 Å². The van der Waals surface area contributed by atoms with E-state index >= 15 is 0 Å². The van der Waals surface area contributed by atoms with Crippen molar-refractivity contribution < 1.29 is 18.6 Å². The molecule has 0 aliphatic carbocycles. The predicted octanol–water partition coefficient (Wildman–Crippen LogP) is 7.08. The average Bonchev–Trinajstić information content (AvgIpc) is 3.07. The minimum absolute atomic E-state index is 1.35. The van der Waals surface area contributed by atoms with Gasteiger partial charge in [-0.05, 0) is 0 Å². The molecule has 0 aromatic heterocycles. The summed E-state index contributed by atoms with van der Waals surface area (Å²) in [6.07, 6.45) is 0. The third kappa shape index (κ3) is 6.12. The Bertz CT molecular complexity index is 789. The van der Waals surface area contributed by atoms with E-state index in [2.05, 4.69) is 90.9 Å². The van der Waals surface area contributed by atoms with E-state index in [1.807, 2.05) is 0 Å². The molecule has 4 aromatic carbocycles. The van der Waals surface area contributed by atoms with E-state index in [0.717, 1.165) is 0 Å². The fourth-order valence-electron chi connectivity index (χ4n) is 2.61. The number of benzene rings is 2. The summed E-state index contributed by atoms with van der Waals surface area (Å²) in [6.45, 7) is 4.25. The molecule has 0 N–H and O–H groups in total. The van der Waals surface area contributed by atoms with Gasteiger partial charge in [0.15, 0.2) is 0 Å². The number of halogens is 2. The Hall–Kier alpha value is -1.02. The molecule has 24 heavy (non-hydrogen) atoms. The first-order chi connectivity index (χ1) is 11.5. The molecule has 124 valence electrons. The van der Waals surface area contributed by atoms with Crippen molar-refractivity contribution >= 4 is 43.0 Å². The first-order valence-electron chi connectivity index (χ1n) is 7.70. The molecule has 0 radical (unpaired) electrons. The number of aryl methyl sites for hydroxylation is 2. The Labute approximate surface area is 158 Å². The second-order valence-electron chi connectivity index (χ2n) is 5.66. The van der Waals surface area contributed by atoms with Crippen LogP contribution in [0.2, 0.25) is 0 Å². The number of hydrogen-bond acceptors (Lipinski definition) is 0. The molecule has 3 heteroatoms. The van der Waals surface area contributed by atoms with Crippen LogP contribution in [0.3, 0.4) is 0 Å². The van der Waals surface area contributed by atoms with Crippen molar-refractivity contribution in [3.63, 3.8) is 0 Å². The van der Waals surface area contributed by atoms with Crippen molar-refractivity contribution in [2.24, 2.45) is 0 Å². The van der Waals surface area contributed by atoms with Gasteiger partial charge < -0.3 is 0 Å². The maximum absolute atomic E-state index is 5.14. The van der Waals surface area contributed by atoms with E-state index < -0.39 is 18.6 Å². The van der Waals surface area contributed by atoms with Gasteiger partial charge in [0.2, 0.25) is 0 Å². The number of hydrogen-bond donors (Lipinski definition) is 0. The molecule has 0 nitrogen and oxygen atoms in total. The number of rotatable bonds is 0. The Balaban J connectivity index is 0.000000143. The van der Waals surface area contributed by atoms with Crippen LogP contribution in [0.15, 0.2) is 72.8 Å². The summed E-state index contributed by atoms with van der Waals surface area (Å²) >= 11 is -1.96. The van der Waals surface area contributed by atoms with Crippen LogP contribution in [0.4, 0.5) is 0 Å². The van der Waals surface area contributed by atoms with Crippen molar-refractivity contribution in [2.45, 2.75) is 13.8 Å². The molecule has 0 saturated heterocycles. The van der Waals surface area contributed by atoms with Gasteiger partial charge in [-0.1, -0.05) is 26.0 Å². The second kappa shape index (κ2) is 9.46. The van der Waals surface area contributed by atoms with Crippen molar-refractivity contribution in [3.8, 4) is 0 Å². The van der Waals surface area contributed by atoms with Gasteiger partial charge in [-0.2, -0.15) is 12.1 Å². The van der Waals surface area contributed by atoms with Crippen LogP contribution in [-0.4, -0.2) is 4.26 Å². The molecule has 0 saturated carbocycles. The Kier molecular flexibility index (Phi) is 7.61. The molecular formula is C21H20Cl2Hf-2. The third-order valence-electron chi connectivity index (χ3n) is 3.52. The Morgan fingerprint density at radius 1 is 0.750 bits per heavy atom. The fourth-order valence-corrected chi connectivity index (χ4v) is 2.61. The van der Waals surface area contributed by atoms with Crippen LogP contribution in [0.1, 0.15) is 11.1 Å². The normalized spacial score (nSPS) is 9.83. The van der Waals surface area contributed by atoms with Crippen molar-refractivity contribution in [3.05, 3.63) is 83.9 Å². The number of fused-ring (bicyclic) bond motifs is 2. The standard InChI is InChI=1S/2C10H9.CH2.2ClH.Hf/c2*1-8-6-9-4-2-3-5-10(9)7-8;;;;/h2*2-7H,1H3;1H2;2*1H;/q2*-1;;;;+2/p-2. The third-order valence-corrected chi connectivity index (χ3v) is 3.52. The van der Waals surface area contributed by atoms with Crippen molar-refractivity contribution in [1.29, 1.82) is 0 Å². The van der Waals surface area contributed by atoms with Gasteiger partial charge in [0.25, 0.3) is 0 Å². The molecule has 0 unspecified atom stereocenters. The molecule has 0 aliphatic rings. The summed E-state index contributed by atoms with van der Waals surface area (Å²) in [5.74, 6) is 0.